The van der Waals surface area contributed by atoms with Gasteiger partial charge in [0.25, 0.3) is 0 Å². The van der Waals surface area contributed by atoms with Gasteiger partial charge < -0.3 is 29.0 Å². The summed E-state index contributed by atoms with van der Waals surface area (Å²) in [5.74, 6) is -1.20. The lowest BCUT2D eigenvalue weighted by molar-refractivity contribution is -0.166. The van der Waals surface area contributed by atoms with Crippen LogP contribution in [-0.2, 0) is 50.1 Å². The zero-order chi connectivity index (χ0) is 32.3. The molecule has 0 bridgehead atoms. The number of esters is 3. The Morgan fingerprint density at radius 3 is 2.33 bits per heavy atom. The van der Waals surface area contributed by atoms with Crippen LogP contribution >= 0.6 is 0 Å². The molecule has 3 aromatic rings. The second-order valence-corrected chi connectivity index (χ2v) is 12.5. The number of hydrogen-bond donors (Lipinski definition) is 1. The summed E-state index contributed by atoms with van der Waals surface area (Å²) in [5.41, 5.74) is 3.39. The smallest absolute Gasteiger partial charge is 0.303 e. The number of aromatic nitrogens is 4. The molecule has 13 nitrogen and oxygen atoms in total. The lowest BCUT2D eigenvalue weighted by atomic mass is 9.87. The average molecular weight is 624 g/mol. The van der Waals surface area contributed by atoms with Crippen LogP contribution in [0, 0.1) is 0 Å². The maximum Gasteiger partial charge on any atom is 0.303 e. The van der Waals surface area contributed by atoms with Crippen LogP contribution in [0.1, 0.15) is 78.2 Å². The maximum atomic E-state index is 12.1. The summed E-state index contributed by atoms with van der Waals surface area (Å²) < 4.78 is 30.3. The summed E-state index contributed by atoms with van der Waals surface area (Å²) in [6.45, 7) is 10.6. The fraction of sp³-hybridized carbons (Fsp3) is 0.562. The number of benzene rings is 1. The first-order valence-corrected chi connectivity index (χ1v) is 15.2. The van der Waals surface area contributed by atoms with Crippen LogP contribution in [0.15, 0.2) is 36.9 Å². The number of anilines is 1. The van der Waals surface area contributed by atoms with Crippen molar-refractivity contribution in [2.75, 3.05) is 11.9 Å². The molecule has 3 heterocycles. The van der Waals surface area contributed by atoms with E-state index < -0.39 is 42.4 Å². The quantitative estimate of drug-likeness (QED) is 0.257. The number of fused-ring (bicyclic) bond motifs is 1. The number of imidazole rings is 1. The van der Waals surface area contributed by atoms with Gasteiger partial charge in [0.2, 0.25) is 0 Å². The molecule has 2 aliphatic rings. The highest BCUT2D eigenvalue weighted by Crippen LogP contribution is 2.37. The summed E-state index contributed by atoms with van der Waals surface area (Å²) >= 11 is 0. The van der Waals surface area contributed by atoms with Crippen LogP contribution in [0.25, 0.3) is 11.2 Å². The van der Waals surface area contributed by atoms with Crippen molar-refractivity contribution in [3.8, 4) is 0 Å². The van der Waals surface area contributed by atoms with Gasteiger partial charge in [-0.3, -0.25) is 19.0 Å². The van der Waals surface area contributed by atoms with Crippen LogP contribution in [0.3, 0.4) is 0 Å². The Labute approximate surface area is 262 Å². The Morgan fingerprint density at radius 1 is 0.956 bits per heavy atom. The molecule has 5 rings (SSSR count). The highest BCUT2D eigenvalue weighted by molar-refractivity contribution is 5.83. The molecule has 13 heteroatoms. The van der Waals surface area contributed by atoms with E-state index in [-0.39, 0.29) is 24.2 Å². The summed E-state index contributed by atoms with van der Waals surface area (Å²) in [5, 5.41) is 3.52. The fourth-order valence-electron chi connectivity index (χ4n) is 5.83. The van der Waals surface area contributed by atoms with Crippen molar-refractivity contribution in [1.82, 2.24) is 19.5 Å². The minimum atomic E-state index is -1.05. The van der Waals surface area contributed by atoms with Crippen LogP contribution in [0.4, 0.5) is 5.82 Å². The van der Waals surface area contributed by atoms with Gasteiger partial charge in [0.05, 0.1) is 25.1 Å². The highest BCUT2D eigenvalue weighted by atomic mass is 16.7. The minimum absolute atomic E-state index is 0.0140. The van der Waals surface area contributed by atoms with E-state index in [2.05, 4.69) is 65.3 Å². The maximum absolute atomic E-state index is 12.1. The van der Waals surface area contributed by atoms with Crippen LogP contribution in [0.5, 0.6) is 0 Å². The molecule has 242 valence electrons. The zero-order valence-corrected chi connectivity index (χ0v) is 26.5. The van der Waals surface area contributed by atoms with Crippen molar-refractivity contribution in [3.05, 3.63) is 48.0 Å². The van der Waals surface area contributed by atoms with Crippen molar-refractivity contribution >= 4 is 34.9 Å². The molecule has 1 aliphatic carbocycles. The van der Waals surface area contributed by atoms with E-state index in [1.54, 1.807) is 4.57 Å². The van der Waals surface area contributed by atoms with E-state index in [1.165, 1.54) is 39.0 Å². The first-order chi connectivity index (χ1) is 21.4. The Hall–Kier alpha value is -4.10. The molecule has 1 saturated heterocycles. The van der Waals surface area contributed by atoms with E-state index >= 15 is 0 Å². The van der Waals surface area contributed by atoms with E-state index in [4.69, 9.17) is 23.7 Å². The number of carbonyl (C=O) groups is 3. The number of rotatable bonds is 10. The Bertz CT molecular complexity index is 1520. The monoisotopic (exact) mass is 623 g/mol. The number of ether oxygens (including phenoxy) is 5. The van der Waals surface area contributed by atoms with Crippen LogP contribution < -0.4 is 5.32 Å². The predicted molar refractivity (Wildman–Crippen MR) is 162 cm³/mol. The molecule has 0 unspecified atom stereocenters. The molecule has 0 radical (unpaired) electrons. The van der Waals surface area contributed by atoms with Gasteiger partial charge in [-0.1, -0.05) is 45.0 Å². The van der Waals surface area contributed by atoms with Crippen LogP contribution in [-0.4, -0.2) is 74.5 Å². The zero-order valence-electron chi connectivity index (χ0n) is 26.5. The van der Waals surface area contributed by atoms with Gasteiger partial charge in [0.15, 0.2) is 35.4 Å². The van der Waals surface area contributed by atoms with Crippen molar-refractivity contribution in [2.45, 2.75) is 110 Å². The lowest BCUT2D eigenvalue weighted by Gasteiger charge is -2.24. The van der Waals surface area contributed by atoms with E-state index in [0.29, 0.717) is 23.6 Å². The third kappa shape index (κ3) is 7.59. The molecule has 0 amide bonds. The Kier molecular flexibility index (Phi) is 9.68. The van der Waals surface area contributed by atoms with Crippen molar-refractivity contribution in [1.29, 1.82) is 0 Å². The lowest BCUT2D eigenvalue weighted by Crippen LogP contribution is -2.40. The minimum Gasteiger partial charge on any atom is -0.463 e. The molecule has 2 aromatic heterocycles. The molecule has 6 atom stereocenters. The molecule has 1 N–H and O–H groups in total. The number of nitrogens with zero attached hydrogens (tertiary/aromatic N) is 4. The van der Waals surface area contributed by atoms with Crippen LogP contribution in [0.2, 0.25) is 0 Å². The van der Waals surface area contributed by atoms with Crippen molar-refractivity contribution in [2.24, 2.45) is 0 Å². The molecular weight excluding hydrogens is 582 g/mol. The second kappa shape index (κ2) is 13.5. The van der Waals surface area contributed by atoms with Gasteiger partial charge in [0.1, 0.15) is 19.0 Å². The normalized spacial score (nSPS) is 24.8. The highest BCUT2D eigenvalue weighted by Gasteiger charge is 2.51. The van der Waals surface area contributed by atoms with Gasteiger partial charge in [0, 0.05) is 20.8 Å². The second-order valence-electron chi connectivity index (χ2n) is 12.5. The number of hydrogen-bond acceptors (Lipinski definition) is 12. The predicted octanol–water partition coefficient (Wildman–Crippen LogP) is 4.00. The molecule has 2 fully saturated rings. The molecule has 0 spiro atoms. The topological polar surface area (TPSA) is 153 Å². The average Bonchev–Trinajstić information content (AvgIpc) is 3.68. The van der Waals surface area contributed by atoms with Gasteiger partial charge in [-0.25, -0.2) is 15.0 Å². The summed E-state index contributed by atoms with van der Waals surface area (Å²) in [4.78, 5) is 49.0. The SMILES string of the molecule is CC(=O)OC[C@H]1O[C@@H](n2cnc3c(N[C@@H]4CCC[C@H]4OCc4ccc(C(C)(C)C)cc4)ncnc32)[C@H](OC(C)=O)[C@@H]1OC(C)=O. The Morgan fingerprint density at radius 2 is 1.67 bits per heavy atom. The van der Waals surface area contributed by atoms with E-state index in [1.807, 2.05) is 0 Å². The molecular formula is C32H41N5O8. The first kappa shape index (κ1) is 32.3. The van der Waals surface area contributed by atoms with Crippen molar-refractivity contribution in [3.63, 3.8) is 0 Å². The van der Waals surface area contributed by atoms with Crippen molar-refractivity contribution < 1.29 is 38.1 Å². The van der Waals surface area contributed by atoms with Gasteiger partial charge in [-0.05, 0) is 35.8 Å². The first-order valence-electron chi connectivity index (χ1n) is 15.2. The Balaban J connectivity index is 1.34. The third-order valence-corrected chi connectivity index (χ3v) is 8.03. The molecule has 1 aromatic carbocycles. The molecule has 1 saturated carbocycles. The van der Waals surface area contributed by atoms with E-state index in [0.717, 1.165) is 24.8 Å². The van der Waals surface area contributed by atoms with Gasteiger partial charge in [-0.2, -0.15) is 0 Å². The largest absolute Gasteiger partial charge is 0.463 e. The summed E-state index contributed by atoms with van der Waals surface area (Å²) in [6.07, 6.45) is 1.78. The third-order valence-electron chi connectivity index (χ3n) is 8.03. The van der Waals surface area contributed by atoms with Gasteiger partial charge >= 0.3 is 17.9 Å². The molecule has 45 heavy (non-hydrogen) atoms. The fourth-order valence-corrected chi connectivity index (χ4v) is 5.83. The summed E-state index contributed by atoms with van der Waals surface area (Å²) in [6, 6.07) is 8.57. The summed E-state index contributed by atoms with van der Waals surface area (Å²) in [7, 11) is 0. The number of carbonyl (C=O) groups excluding carboxylic acids is 3. The van der Waals surface area contributed by atoms with Gasteiger partial charge in [-0.15, -0.1) is 0 Å². The number of nitrogens with one attached hydrogen (secondary N) is 1. The molecule has 1 aliphatic heterocycles. The van der Waals surface area contributed by atoms with E-state index in [9.17, 15) is 14.4 Å². The standard InChI is InChI=1S/C32H41N5O8/c1-18(38)41-15-25-27(43-19(2)39)28(44-20(3)40)31(45-25)37-17-35-26-29(33-16-34-30(26)37)36-23-8-7-9-24(23)42-14-21-10-12-22(13-11-21)32(4,5)6/h10-13,16-17,23-25,27-28,31H,7-9,14-15H2,1-6H3,(H,33,34,36)/t23-,24-,25-,27-,28-,31-/m1/s1.